The van der Waals surface area contributed by atoms with Crippen LogP contribution in [0.2, 0.25) is 0 Å². The van der Waals surface area contributed by atoms with Gasteiger partial charge >= 0.3 is 0 Å². The molecule has 1 aliphatic heterocycles. The number of likely N-dealkylation sites (N-methyl/N-ethyl adjacent to an activating group) is 1. The lowest BCUT2D eigenvalue weighted by atomic mass is 9.97. The van der Waals surface area contributed by atoms with Crippen LogP contribution in [0.15, 0.2) is 59.2 Å². The molecule has 138 valence electrons. The second kappa shape index (κ2) is 7.09. The average Bonchev–Trinajstić information content (AvgIpc) is 3.12. The number of nitrogens with one attached hydrogen (secondary N) is 1. The Labute approximate surface area is 173 Å². The van der Waals surface area contributed by atoms with E-state index in [0.717, 1.165) is 21.0 Å². The molecular weight excluding hydrogens is 420 g/mol. The molecule has 4 rings (SSSR count). The first-order chi connectivity index (χ1) is 13.0. The summed E-state index contributed by atoms with van der Waals surface area (Å²) < 4.78 is 3.38. The molecule has 27 heavy (non-hydrogen) atoms. The molecule has 1 aliphatic rings. The molecule has 3 aromatic rings. The molecule has 1 fully saturated rings. The molecule has 2 aromatic heterocycles. The highest BCUT2D eigenvalue weighted by Gasteiger charge is 2.39. The van der Waals surface area contributed by atoms with E-state index >= 15 is 0 Å². The number of hydrogen-bond donors (Lipinski definition) is 1. The zero-order valence-electron chi connectivity index (χ0n) is 15.5. The zero-order chi connectivity index (χ0) is 19.1. The second-order valence-electron chi connectivity index (χ2n) is 6.88. The van der Waals surface area contributed by atoms with Crippen LogP contribution in [0.4, 0.5) is 0 Å². The lowest BCUT2D eigenvalue weighted by Gasteiger charge is -2.24. The van der Waals surface area contributed by atoms with Gasteiger partial charge in [0, 0.05) is 34.8 Å². The summed E-state index contributed by atoms with van der Waals surface area (Å²) in [6, 6.07) is 16.8. The number of aryl methyl sites for hydroxylation is 1. The van der Waals surface area contributed by atoms with Crippen LogP contribution < -0.4 is 5.32 Å². The van der Waals surface area contributed by atoms with Gasteiger partial charge in [-0.1, -0.05) is 22.0 Å². The van der Waals surface area contributed by atoms with Crippen LogP contribution in [0.1, 0.15) is 34.7 Å². The van der Waals surface area contributed by atoms with Crippen molar-refractivity contribution in [1.82, 2.24) is 19.8 Å². The zero-order valence-corrected chi connectivity index (χ0v) is 17.9. The van der Waals surface area contributed by atoms with Gasteiger partial charge in [-0.15, -0.1) is 0 Å². The lowest BCUT2D eigenvalue weighted by molar-refractivity contribution is 0.367. The Balaban J connectivity index is 1.81. The van der Waals surface area contributed by atoms with Crippen LogP contribution in [0.5, 0.6) is 0 Å². The molecular formula is C21H21BrN4S. The lowest BCUT2D eigenvalue weighted by Crippen LogP contribution is -2.25. The van der Waals surface area contributed by atoms with E-state index in [1.807, 2.05) is 18.3 Å². The maximum absolute atomic E-state index is 5.56. The number of hydrogen-bond acceptors (Lipinski definition) is 2. The fourth-order valence-corrected chi connectivity index (χ4v) is 4.43. The molecule has 0 aliphatic carbocycles. The van der Waals surface area contributed by atoms with E-state index in [9.17, 15) is 0 Å². The molecule has 0 amide bonds. The Morgan fingerprint density at radius 3 is 2.52 bits per heavy atom. The van der Waals surface area contributed by atoms with Crippen molar-refractivity contribution in [1.29, 1.82) is 0 Å². The molecule has 1 saturated heterocycles. The van der Waals surface area contributed by atoms with Gasteiger partial charge in [-0.05, 0) is 74.1 Å². The Morgan fingerprint density at radius 2 is 1.85 bits per heavy atom. The minimum Gasteiger partial charge on any atom is -0.352 e. The third kappa shape index (κ3) is 3.17. The summed E-state index contributed by atoms with van der Waals surface area (Å²) in [5.74, 6) is 0. The number of halogens is 1. The molecule has 1 N–H and O–H groups in total. The van der Waals surface area contributed by atoms with Gasteiger partial charge in [-0.2, -0.15) is 0 Å². The quantitative estimate of drug-likeness (QED) is 0.589. The largest absolute Gasteiger partial charge is 0.352 e. The van der Waals surface area contributed by atoms with Crippen LogP contribution in [-0.4, -0.2) is 26.6 Å². The summed E-state index contributed by atoms with van der Waals surface area (Å²) in [5, 5.41) is 4.20. The number of thiocarbonyl (C=S) groups is 1. The van der Waals surface area contributed by atoms with Crippen LogP contribution in [0, 0.1) is 13.8 Å². The van der Waals surface area contributed by atoms with E-state index in [-0.39, 0.29) is 12.1 Å². The predicted molar refractivity (Wildman–Crippen MR) is 116 cm³/mol. The highest BCUT2D eigenvalue weighted by molar-refractivity contribution is 9.10. The van der Waals surface area contributed by atoms with Crippen molar-refractivity contribution in [3.05, 3.63) is 81.8 Å². The van der Waals surface area contributed by atoms with Crippen molar-refractivity contribution >= 4 is 33.3 Å². The predicted octanol–water partition coefficient (Wildman–Crippen LogP) is 4.85. The third-order valence-electron chi connectivity index (χ3n) is 5.21. The Bertz CT molecular complexity index is 981. The number of pyridine rings is 1. The van der Waals surface area contributed by atoms with Crippen molar-refractivity contribution in [2.45, 2.75) is 25.9 Å². The van der Waals surface area contributed by atoms with Gasteiger partial charge in [0.05, 0.1) is 17.8 Å². The summed E-state index contributed by atoms with van der Waals surface area (Å²) in [6.07, 6.45) is 1.83. The number of benzene rings is 1. The average molecular weight is 441 g/mol. The highest BCUT2D eigenvalue weighted by atomic mass is 79.9. The number of nitrogens with zero attached hydrogens (tertiary/aromatic N) is 3. The van der Waals surface area contributed by atoms with Crippen molar-refractivity contribution in [3.63, 3.8) is 0 Å². The molecule has 4 nitrogen and oxygen atoms in total. The highest BCUT2D eigenvalue weighted by Crippen LogP contribution is 2.40. The van der Waals surface area contributed by atoms with Gasteiger partial charge in [0.15, 0.2) is 5.11 Å². The Kier molecular flexibility index (Phi) is 4.78. The van der Waals surface area contributed by atoms with E-state index in [1.165, 1.54) is 17.0 Å². The maximum atomic E-state index is 5.56. The number of aromatic nitrogens is 2. The van der Waals surface area contributed by atoms with Crippen LogP contribution in [-0.2, 0) is 0 Å². The van der Waals surface area contributed by atoms with Crippen LogP contribution >= 0.6 is 28.1 Å². The normalized spacial score (nSPS) is 19.4. The van der Waals surface area contributed by atoms with Crippen LogP contribution in [0.3, 0.4) is 0 Å². The molecule has 2 atom stereocenters. The van der Waals surface area contributed by atoms with Gasteiger partial charge in [0.25, 0.3) is 0 Å². The molecule has 0 saturated carbocycles. The van der Waals surface area contributed by atoms with Crippen LogP contribution in [0.25, 0.3) is 5.69 Å². The van der Waals surface area contributed by atoms with Gasteiger partial charge in [-0.25, -0.2) is 0 Å². The number of rotatable bonds is 3. The molecule has 1 aromatic carbocycles. The van der Waals surface area contributed by atoms with E-state index in [4.69, 9.17) is 12.2 Å². The monoisotopic (exact) mass is 440 g/mol. The SMILES string of the molecule is Cc1cc([C@H]2[C@H](c3ccccn3)NC(=S)N2C)c(C)n1-c1ccc(Br)cc1. The minimum atomic E-state index is 0.0302. The van der Waals surface area contributed by atoms with Gasteiger partial charge in [-0.3, -0.25) is 4.98 Å². The summed E-state index contributed by atoms with van der Waals surface area (Å²) in [5.41, 5.74) is 5.85. The van der Waals surface area contributed by atoms with E-state index < -0.39 is 0 Å². The molecule has 0 bridgehead atoms. The summed E-state index contributed by atoms with van der Waals surface area (Å²) in [6.45, 7) is 4.32. The second-order valence-corrected chi connectivity index (χ2v) is 8.18. The third-order valence-corrected chi connectivity index (χ3v) is 6.15. The molecule has 0 spiro atoms. The standard InChI is InChI=1S/C21H21BrN4S/c1-13-12-17(14(2)26(13)16-9-7-15(22)8-10-16)20-19(24-21(27)25(20)3)18-6-4-5-11-23-18/h4-12,19-20H,1-3H3,(H,24,27)/t19-,20-/m0/s1. The van der Waals surface area contributed by atoms with E-state index in [2.05, 4.69) is 93.0 Å². The molecule has 3 heterocycles. The molecule has 0 radical (unpaired) electrons. The molecule has 6 heteroatoms. The summed E-state index contributed by atoms with van der Waals surface area (Å²) in [4.78, 5) is 6.71. The van der Waals surface area contributed by atoms with Crippen molar-refractivity contribution in [2.75, 3.05) is 7.05 Å². The topological polar surface area (TPSA) is 33.1 Å². The van der Waals surface area contributed by atoms with Crippen molar-refractivity contribution in [3.8, 4) is 5.69 Å². The summed E-state index contributed by atoms with van der Waals surface area (Å²) in [7, 11) is 2.05. The smallest absolute Gasteiger partial charge is 0.169 e. The Hall–Kier alpha value is -2.18. The first-order valence-electron chi connectivity index (χ1n) is 8.86. The van der Waals surface area contributed by atoms with Crippen molar-refractivity contribution in [2.24, 2.45) is 0 Å². The van der Waals surface area contributed by atoms with E-state index in [1.54, 1.807) is 0 Å². The Morgan fingerprint density at radius 1 is 1.11 bits per heavy atom. The molecule has 0 unspecified atom stereocenters. The maximum Gasteiger partial charge on any atom is 0.169 e. The van der Waals surface area contributed by atoms with Gasteiger partial charge in [0.2, 0.25) is 0 Å². The van der Waals surface area contributed by atoms with E-state index in [0.29, 0.717) is 0 Å². The first kappa shape index (κ1) is 18.2. The summed E-state index contributed by atoms with van der Waals surface area (Å²) >= 11 is 9.08. The van der Waals surface area contributed by atoms with Crippen molar-refractivity contribution < 1.29 is 0 Å². The minimum absolute atomic E-state index is 0.0302. The van der Waals surface area contributed by atoms with Gasteiger partial charge in [0.1, 0.15) is 0 Å². The fourth-order valence-electron chi connectivity index (χ4n) is 3.92. The van der Waals surface area contributed by atoms with Gasteiger partial charge < -0.3 is 14.8 Å². The first-order valence-corrected chi connectivity index (χ1v) is 10.1. The fraction of sp³-hybridized carbons (Fsp3) is 0.238.